The molecule has 0 spiro atoms. The summed E-state index contributed by atoms with van der Waals surface area (Å²) in [5.74, 6) is -1.78. The van der Waals surface area contributed by atoms with E-state index >= 15 is 0 Å². The molecule has 2 unspecified atom stereocenters. The molecule has 2 heterocycles. The van der Waals surface area contributed by atoms with Gasteiger partial charge in [-0.15, -0.1) is 0 Å². The van der Waals surface area contributed by atoms with Gasteiger partial charge in [0.25, 0.3) is 0 Å². The van der Waals surface area contributed by atoms with E-state index in [0.29, 0.717) is 19.2 Å². The molecule has 2 atom stereocenters. The minimum Gasteiger partial charge on any atom is -0.367 e. The van der Waals surface area contributed by atoms with E-state index in [-0.39, 0.29) is 5.56 Å². The average Bonchev–Trinajstić information content (AvgIpc) is 2.88. The van der Waals surface area contributed by atoms with Gasteiger partial charge in [0.15, 0.2) is 5.78 Å². The summed E-state index contributed by atoms with van der Waals surface area (Å²) >= 11 is 0. The van der Waals surface area contributed by atoms with Crippen LogP contribution >= 0.6 is 0 Å². The summed E-state index contributed by atoms with van der Waals surface area (Å²) in [5.41, 5.74) is -0.220. The van der Waals surface area contributed by atoms with Gasteiger partial charge in [-0.2, -0.15) is 0 Å². The lowest BCUT2D eigenvalue weighted by atomic mass is 10.0. The number of benzene rings is 1. The third kappa shape index (κ3) is 2.40. The van der Waals surface area contributed by atoms with E-state index in [1.807, 2.05) is 0 Å². The van der Waals surface area contributed by atoms with Crippen LogP contribution in [-0.4, -0.2) is 42.5 Å². The summed E-state index contributed by atoms with van der Waals surface area (Å²) in [6, 6.07) is 3.30. The normalized spacial score (nSPS) is 27.3. The Balaban J connectivity index is 1.78. The van der Waals surface area contributed by atoms with E-state index in [2.05, 4.69) is 4.90 Å². The zero-order chi connectivity index (χ0) is 13.4. The molecule has 0 bridgehead atoms. The third-order valence-electron chi connectivity index (χ3n) is 3.88. The van der Waals surface area contributed by atoms with Crippen LogP contribution in [0.3, 0.4) is 0 Å². The highest BCUT2D eigenvalue weighted by Gasteiger charge is 2.36. The first-order chi connectivity index (χ1) is 9.15. The van der Waals surface area contributed by atoms with Crippen LogP contribution in [0, 0.1) is 11.6 Å². The van der Waals surface area contributed by atoms with Crippen molar-refractivity contribution in [3.05, 3.63) is 35.4 Å². The van der Waals surface area contributed by atoms with Gasteiger partial charge in [-0.1, -0.05) is 0 Å². The van der Waals surface area contributed by atoms with Crippen LogP contribution in [0.25, 0.3) is 0 Å². The van der Waals surface area contributed by atoms with Crippen LogP contribution in [0.4, 0.5) is 8.78 Å². The van der Waals surface area contributed by atoms with Gasteiger partial charge >= 0.3 is 0 Å². The van der Waals surface area contributed by atoms with Crippen LogP contribution < -0.4 is 0 Å². The van der Waals surface area contributed by atoms with Gasteiger partial charge in [0.2, 0.25) is 0 Å². The number of ketones is 1. The fraction of sp³-hybridized carbons (Fsp3) is 0.500. The summed E-state index contributed by atoms with van der Waals surface area (Å²) in [5, 5.41) is 0. The van der Waals surface area contributed by atoms with Crippen molar-refractivity contribution in [2.24, 2.45) is 0 Å². The number of rotatable bonds is 2. The highest BCUT2D eigenvalue weighted by Crippen LogP contribution is 2.24. The fourth-order valence-electron chi connectivity index (χ4n) is 2.84. The molecule has 0 saturated carbocycles. The molecule has 3 rings (SSSR count). The SMILES string of the molecule is O=C(c1cc(F)ccc1F)C1CN2CCCC2CO1. The first-order valence-corrected chi connectivity index (χ1v) is 6.50. The highest BCUT2D eigenvalue weighted by atomic mass is 19.1. The first-order valence-electron chi connectivity index (χ1n) is 6.50. The molecule has 0 aromatic heterocycles. The number of carbonyl (C=O) groups is 1. The van der Waals surface area contributed by atoms with Crippen molar-refractivity contribution in [2.45, 2.75) is 25.0 Å². The molecule has 19 heavy (non-hydrogen) atoms. The Morgan fingerprint density at radius 2 is 2.21 bits per heavy atom. The minimum absolute atomic E-state index is 0.220. The highest BCUT2D eigenvalue weighted by molar-refractivity contribution is 6.00. The van der Waals surface area contributed by atoms with Crippen molar-refractivity contribution < 1.29 is 18.3 Å². The smallest absolute Gasteiger partial charge is 0.195 e. The summed E-state index contributed by atoms with van der Waals surface area (Å²) in [6.45, 7) is 1.91. The van der Waals surface area contributed by atoms with Gasteiger partial charge in [-0.05, 0) is 37.6 Å². The number of morpholine rings is 1. The van der Waals surface area contributed by atoms with E-state index in [1.165, 1.54) is 0 Å². The lowest BCUT2D eigenvalue weighted by Gasteiger charge is -2.34. The molecule has 2 fully saturated rings. The molecule has 2 aliphatic heterocycles. The van der Waals surface area contributed by atoms with E-state index in [0.717, 1.165) is 37.6 Å². The number of hydrogen-bond acceptors (Lipinski definition) is 3. The lowest BCUT2D eigenvalue weighted by Crippen LogP contribution is -2.49. The number of carbonyl (C=O) groups excluding carboxylic acids is 1. The van der Waals surface area contributed by atoms with Crippen LogP contribution in [0.5, 0.6) is 0 Å². The molecular formula is C14H15F2NO2. The molecule has 0 radical (unpaired) electrons. The molecule has 0 aliphatic carbocycles. The fourth-order valence-corrected chi connectivity index (χ4v) is 2.84. The van der Waals surface area contributed by atoms with Gasteiger partial charge in [-0.25, -0.2) is 8.78 Å². The maximum atomic E-state index is 13.6. The van der Waals surface area contributed by atoms with Crippen molar-refractivity contribution in [2.75, 3.05) is 19.7 Å². The summed E-state index contributed by atoms with van der Waals surface area (Å²) in [4.78, 5) is 14.4. The lowest BCUT2D eigenvalue weighted by molar-refractivity contribution is -0.0346. The second-order valence-electron chi connectivity index (χ2n) is 5.10. The van der Waals surface area contributed by atoms with Crippen molar-refractivity contribution in [1.29, 1.82) is 0 Å². The second kappa shape index (κ2) is 4.98. The topological polar surface area (TPSA) is 29.5 Å². The monoisotopic (exact) mass is 267 g/mol. The molecule has 1 aromatic carbocycles. The van der Waals surface area contributed by atoms with Crippen LogP contribution in [-0.2, 0) is 4.74 Å². The molecule has 2 saturated heterocycles. The predicted molar refractivity (Wildman–Crippen MR) is 65.0 cm³/mol. The molecule has 0 amide bonds. The minimum atomic E-state index is -0.696. The van der Waals surface area contributed by atoms with E-state index in [4.69, 9.17) is 4.74 Å². The number of hydrogen-bond donors (Lipinski definition) is 0. The number of halogens is 2. The zero-order valence-corrected chi connectivity index (χ0v) is 10.4. The zero-order valence-electron chi connectivity index (χ0n) is 10.4. The average molecular weight is 267 g/mol. The number of ether oxygens (including phenoxy) is 1. The van der Waals surface area contributed by atoms with Gasteiger partial charge < -0.3 is 4.74 Å². The standard InChI is InChI=1S/C14H15F2NO2/c15-9-3-4-12(16)11(6-9)14(18)13-7-17-5-1-2-10(17)8-19-13/h3-4,6,10,13H,1-2,5,7-8H2. The maximum absolute atomic E-state index is 13.6. The molecule has 3 nitrogen and oxygen atoms in total. The van der Waals surface area contributed by atoms with E-state index in [9.17, 15) is 13.6 Å². The molecular weight excluding hydrogens is 252 g/mol. The number of fused-ring (bicyclic) bond motifs is 1. The molecule has 2 aliphatic rings. The van der Waals surface area contributed by atoms with Crippen molar-refractivity contribution in [1.82, 2.24) is 4.90 Å². The van der Waals surface area contributed by atoms with Crippen LogP contribution in [0.2, 0.25) is 0 Å². The largest absolute Gasteiger partial charge is 0.367 e. The predicted octanol–water partition coefficient (Wildman–Crippen LogP) is 2.01. The van der Waals surface area contributed by atoms with Gasteiger partial charge in [0, 0.05) is 12.6 Å². The Bertz CT molecular complexity index is 506. The summed E-state index contributed by atoms with van der Waals surface area (Å²) in [6.07, 6.45) is 1.49. The van der Waals surface area contributed by atoms with Gasteiger partial charge in [-0.3, -0.25) is 9.69 Å². The summed E-state index contributed by atoms with van der Waals surface area (Å²) < 4.78 is 32.2. The van der Waals surface area contributed by atoms with Crippen molar-refractivity contribution >= 4 is 5.78 Å². The maximum Gasteiger partial charge on any atom is 0.195 e. The van der Waals surface area contributed by atoms with Crippen molar-refractivity contribution in [3.63, 3.8) is 0 Å². The van der Waals surface area contributed by atoms with Crippen molar-refractivity contribution in [3.8, 4) is 0 Å². The Labute approximate surface area is 110 Å². The Morgan fingerprint density at radius 1 is 1.37 bits per heavy atom. The molecule has 0 N–H and O–H groups in total. The number of Topliss-reactive ketones (excluding diaryl/α,β-unsaturated/α-hetero) is 1. The molecule has 102 valence electrons. The second-order valence-corrected chi connectivity index (χ2v) is 5.10. The Morgan fingerprint density at radius 3 is 3.05 bits per heavy atom. The first kappa shape index (κ1) is 12.7. The molecule has 5 heteroatoms. The number of nitrogens with zero attached hydrogens (tertiary/aromatic N) is 1. The van der Waals surface area contributed by atoms with Crippen LogP contribution in [0.1, 0.15) is 23.2 Å². The quantitative estimate of drug-likeness (QED) is 0.768. The Hall–Kier alpha value is -1.33. The Kier molecular flexibility index (Phi) is 3.33. The molecule has 1 aromatic rings. The summed E-state index contributed by atoms with van der Waals surface area (Å²) in [7, 11) is 0. The van der Waals surface area contributed by atoms with Gasteiger partial charge in [0.05, 0.1) is 12.2 Å². The third-order valence-corrected chi connectivity index (χ3v) is 3.88. The van der Waals surface area contributed by atoms with Crippen LogP contribution in [0.15, 0.2) is 18.2 Å². The van der Waals surface area contributed by atoms with E-state index < -0.39 is 23.5 Å². The van der Waals surface area contributed by atoms with E-state index in [1.54, 1.807) is 0 Å². The van der Waals surface area contributed by atoms with Gasteiger partial charge in [0.1, 0.15) is 17.7 Å².